The van der Waals surface area contributed by atoms with E-state index in [1.807, 2.05) is 5.01 Å². The van der Waals surface area contributed by atoms with Crippen molar-refractivity contribution in [1.29, 1.82) is 0 Å². The Morgan fingerprint density at radius 2 is 2.06 bits per heavy atom. The summed E-state index contributed by atoms with van der Waals surface area (Å²) in [6.45, 7) is 2.73. The molecule has 1 aromatic carbocycles. The predicted octanol–water partition coefficient (Wildman–Crippen LogP) is 1.26. The summed E-state index contributed by atoms with van der Waals surface area (Å²) in [6, 6.07) is 6.56. The first-order valence-corrected chi connectivity index (χ1v) is 5.37. The van der Waals surface area contributed by atoms with Gasteiger partial charge in [0.05, 0.1) is 43.0 Å². The summed E-state index contributed by atoms with van der Waals surface area (Å²) in [7, 11) is 0. The van der Waals surface area contributed by atoms with Gasteiger partial charge in [0.25, 0.3) is 5.69 Å². The molecule has 17 heavy (non-hydrogen) atoms. The van der Waals surface area contributed by atoms with Crippen LogP contribution in [0.15, 0.2) is 29.4 Å². The Labute approximate surface area is 98.6 Å². The molecule has 1 aliphatic rings. The molecule has 0 aliphatic carbocycles. The summed E-state index contributed by atoms with van der Waals surface area (Å²) < 4.78 is 5.19. The minimum absolute atomic E-state index is 0.0736. The van der Waals surface area contributed by atoms with E-state index in [9.17, 15) is 10.1 Å². The van der Waals surface area contributed by atoms with Crippen LogP contribution in [0.5, 0.6) is 0 Å². The van der Waals surface area contributed by atoms with Gasteiger partial charge in [-0.1, -0.05) is 12.1 Å². The molecule has 0 atom stereocenters. The van der Waals surface area contributed by atoms with E-state index in [0.717, 1.165) is 13.1 Å². The highest BCUT2D eigenvalue weighted by Gasteiger charge is 2.11. The topological polar surface area (TPSA) is 68.0 Å². The maximum atomic E-state index is 10.8. The third-order valence-corrected chi connectivity index (χ3v) is 2.48. The third-order valence-electron chi connectivity index (χ3n) is 2.48. The molecule has 0 unspecified atom stereocenters. The van der Waals surface area contributed by atoms with Gasteiger partial charge >= 0.3 is 0 Å². The zero-order chi connectivity index (χ0) is 12.1. The molecule has 6 nitrogen and oxygen atoms in total. The summed E-state index contributed by atoms with van der Waals surface area (Å²) >= 11 is 0. The van der Waals surface area contributed by atoms with E-state index in [4.69, 9.17) is 4.74 Å². The molecule has 0 saturated carbocycles. The normalized spacial score (nSPS) is 16.4. The molecule has 0 bridgehead atoms. The molecular weight excluding hydrogens is 222 g/mol. The highest BCUT2D eigenvalue weighted by atomic mass is 16.6. The molecule has 1 aromatic rings. The second-order valence-electron chi connectivity index (χ2n) is 3.63. The monoisotopic (exact) mass is 235 g/mol. The van der Waals surface area contributed by atoms with E-state index in [-0.39, 0.29) is 5.69 Å². The van der Waals surface area contributed by atoms with Gasteiger partial charge in [0, 0.05) is 6.07 Å². The second-order valence-corrected chi connectivity index (χ2v) is 3.63. The summed E-state index contributed by atoms with van der Waals surface area (Å²) in [5.41, 5.74) is 0.591. The number of hydrogen-bond donors (Lipinski definition) is 0. The van der Waals surface area contributed by atoms with Crippen molar-refractivity contribution >= 4 is 11.9 Å². The number of benzene rings is 1. The van der Waals surface area contributed by atoms with E-state index in [1.165, 1.54) is 12.3 Å². The van der Waals surface area contributed by atoms with Crippen LogP contribution in [0.4, 0.5) is 5.69 Å². The number of hydrogen-bond acceptors (Lipinski definition) is 5. The lowest BCUT2D eigenvalue weighted by Gasteiger charge is -2.23. The lowest BCUT2D eigenvalue weighted by Crippen LogP contribution is -2.32. The van der Waals surface area contributed by atoms with E-state index < -0.39 is 4.92 Å². The van der Waals surface area contributed by atoms with Gasteiger partial charge in [0.2, 0.25) is 0 Å². The number of nitro benzene ring substituents is 1. The molecule has 0 aromatic heterocycles. The maximum absolute atomic E-state index is 10.8. The molecule has 0 amide bonds. The summed E-state index contributed by atoms with van der Waals surface area (Å²) in [4.78, 5) is 10.4. The smallest absolute Gasteiger partial charge is 0.278 e. The molecule has 0 spiro atoms. The Kier molecular flexibility index (Phi) is 3.66. The van der Waals surface area contributed by atoms with Gasteiger partial charge < -0.3 is 4.74 Å². The molecule has 1 fully saturated rings. The molecule has 2 rings (SSSR count). The van der Waals surface area contributed by atoms with Crippen molar-refractivity contribution < 1.29 is 9.66 Å². The van der Waals surface area contributed by atoms with Gasteiger partial charge in [-0.2, -0.15) is 5.10 Å². The van der Waals surface area contributed by atoms with Crippen molar-refractivity contribution in [2.24, 2.45) is 5.10 Å². The Hall–Kier alpha value is -1.95. The standard InChI is InChI=1S/C11H13N3O3/c15-14(16)11-4-2-1-3-10(11)9-12-13-5-7-17-8-6-13/h1-4,9H,5-8H2/b12-9-. The van der Waals surface area contributed by atoms with E-state index in [1.54, 1.807) is 18.2 Å². The molecule has 1 heterocycles. The largest absolute Gasteiger partial charge is 0.378 e. The van der Waals surface area contributed by atoms with Crippen molar-refractivity contribution in [1.82, 2.24) is 5.01 Å². The Morgan fingerprint density at radius 3 is 2.76 bits per heavy atom. The number of morpholine rings is 1. The number of ether oxygens (including phenoxy) is 1. The highest BCUT2D eigenvalue weighted by molar-refractivity contribution is 5.84. The number of rotatable bonds is 3. The van der Waals surface area contributed by atoms with Crippen LogP contribution < -0.4 is 0 Å². The van der Waals surface area contributed by atoms with Gasteiger partial charge in [-0.3, -0.25) is 15.1 Å². The van der Waals surface area contributed by atoms with E-state index in [0.29, 0.717) is 18.8 Å². The van der Waals surface area contributed by atoms with Crippen molar-refractivity contribution in [3.8, 4) is 0 Å². The molecule has 1 aliphatic heterocycles. The van der Waals surface area contributed by atoms with Crippen molar-refractivity contribution in [3.05, 3.63) is 39.9 Å². The maximum Gasteiger partial charge on any atom is 0.278 e. The van der Waals surface area contributed by atoms with Crippen LogP contribution in [0.1, 0.15) is 5.56 Å². The Morgan fingerprint density at radius 1 is 1.35 bits per heavy atom. The second kappa shape index (κ2) is 5.40. The van der Waals surface area contributed by atoms with Crippen LogP contribution in [-0.4, -0.2) is 42.5 Å². The lowest BCUT2D eigenvalue weighted by atomic mass is 10.2. The van der Waals surface area contributed by atoms with Crippen LogP contribution in [0.25, 0.3) is 0 Å². The summed E-state index contributed by atoms with van der Waals surface area (Å²) in [5.74, 6) is 0. The minimum atomic E-state index is -0.402. The quantitative estimate of drug-likeness (QED) is 0.449. The average molecular weight is 235 g/mol. The molecule has 6 heteroatoms. The average Bonchev–Trinajstić information content (AvgIpc) is 2.38. The zero-order valence-corrected chi connectivity index (χ0v) is 9.28. The van der Waals surface area contributed by atoms with Gasteiger partial charge in [0.1, 0.15) is 0 Å². The van der Waals surface area contributed by atoms with Gasteiger partial charge in [-0.25, -0.2) is 0 Å². The van der Waals surface area contributed by atoms with Gasteiger partial charge in [0.15, 0.2) is 0 Å². The van der Waals surface area contributed by atoms with Crippen LogP contribution in [0.3, 0.4) is 0 Å². The Bertz CT molecular complexity index is 428. The first-order chi connectivity index (χ1) is 8.27. The lowest BCUT2D eigenvalue weighted by molar-refractivity contribution is -0.385. The van der Waals surface area contributed by atoms with Crippen LogP contribution >= 0.6 is 0 Å². The first kappa shape index (κ1) is 11.5. The van der Waals surface area contributed by atoms with Crippen LogP contribution in [0.2, 0.25) is 0 Å². The molecule has 90 valence electrons. The fourth-order valence-electron chi connectivity index (χ4n) is 1.58. The fraction of sp³-hybridized carbons (Fsp3) is 0.364. The van der Waals surface area contributed by atoms with Crippen molar-refractivity contribution in [3.63, 3.8) is 0 Å². The number of hydrazone groups is 1. The van der Waals surface area contributed by atoms with Crippen molar-refractivity contribution in [2.75, 3.05) is 26.3 Å². The summed E-state index contributed by atoms with van der Waals surface area (Å²) in [5, 5.41) is 16.9. The Balaban J connectivity index is 2.11. The number of nitro groups is 1. The number of para-hydroxylation sites is 1. The fourth-order valence-corrected chi connectivity index (χ4v) is 1.58. The highest BCUT2D eigenvalue weighted by Crippen LogP contribution is 2.15. The molecule has 0 N–H and O–H groups in total. The molecular formula is C11H13N3O3. The first-order valence-electron chi connectivity index (χ1n) is 5.37. The van der Waals surface area contributed by atoms with Gasteiger partial charge in [-0.05, 0) is 6.07 Å². The SMILES string of the molecule is O=[N+]([O-])c1ccccc1/C=N\N1CCOCC1. The molecule has 0 radical (unpaired) electrons. The van der Waals surface area contributed by atoms with E-state index in [2.05, 4.69) is 5.10 Å². The number of nitrogens with zero attached hydrogens (tertiary/aromatic N) is 3. The van der Waals surface area contributed by atoms with Crippen LogP contribution in [0, 0.1) is 10.1 Å². The third kappa shape index (κ3) is 3.01. The van der Waals surface area contributed by atoms with Gasteiger partial charge in [-0.15, -0.1) is 0 Å². The minimum Gasteiger partial charge on any atom is -0.378 e. The zero-order valence-electron chi connectivity index (χ0n) is 9.28. The molecule has 1 saturated heterocycles. The van der Waals surface area contributed by atoms with E-state index >= 15 is 0 Å². The van der Waals surface area contributed by atoms with Crippen molar-refractivity contribution in [2.45, 2.75) is 0 Å². The predicted molar refractivity (Wildman–Crippen MR) is 63.1 cm³/mol. The van der Waals surface area contributed by atoms with Crippen LogP contribution in [-0.2, 0) is 4.74 Å². The summed E-state index contributed by atoms with van der Waals surface area (Å²) in [6.07, 6.45) is 1.53.